The number of hydrogen-bond acceptors (Lipinski definition) is 3. The van der Waals surface area contributed by atoms with Crippen molar-refractivity contribution in [3.8, 4) is 0 Å². The van der Waals surface area contributed by atoms with Crippen molar-refractivity contribution in [2.45, 2.75) is 37.6 Å². The highest BCUT2D eigenvalue weighted by Crippen LogP contribution is 2.28. The van der Waals surface area contributed by atoms with Gasteiger partial charge in [0.1, 0.15) is 5.69 Å². The molecule has 0 aliphatic heterocycles. The van der Waals surface area contributed by atoms with E-state index in [1.165, 1.54) is 6.42 Å². The van der Waals surface area contributed by atoms with Crippen LogP contribution in [0.4, 0.5) is 0 Å². The van der Waals surface area contributed by atoms with Crippen molar-refractivity contribution in [1.29, 1.82) is 0 Å². The molecular formula is C12H18N4OS. The minimum absolute atomic E-state index is 0.203. The van der Waals surface area contributed by atoms with E-state index in [2.05, 4.69) is 10.4 Å². The smallest absolute Gasteiger partial charge is 0.272 e. The molecule has 1 saturated carbocycles. The normalized spacial score (nSPS) is 18.3. The third-order valence-corrected chi connectivity index (χ3v) is 3.87. The SMILES string of the molecule is Cn1ccc(C(=O)NC2(C(N)=S)CCCCC2)n1. The topological polar surface area (TPSA) is 72.9 Å². The third-order valence-electron chi connectivity index (χ3n) is 3.48. The lowest BCUT2D eigenvalue weighted by Crippen LogP contribution is -2.57. The third kappa shape index (κ3) is 2.53. The molecule has 6 heteroatoms. The predicted molar refractivity (Wildman–Crippen MR) is 73.3 cm³/mol. The zero-order valence-electron chi connectivity index (χ0n) is 10.5. The average molecular weight is 266 g/mol. The van der Waals surface area contributed by atoms with E-state index in [4.69, 9.17) is 18.0 Å². The molecule has 0 atom stereocenters. The lowest BCUT2D eigenvalue weighted by molar-refractivity contribution is 0.0902. The number of nitrogens with two attached hydrogens (primary N) is 1. The number of hydrogen-bond donors (Lipinski definition) is 2. The number of amides is 1. The standard InChI is InChI=1S/C12H18N4OS/c1-16-8-5-9(15-16)10(17)14-12(11(13)18)6-3-2-4-7-12/h5,8H,2-4,6-7H2,1H3,(H2,13,18)(H,14,17). The van der Waals surface area contributed by atoms with Gasteiger partial charge in [0.25, 0.3) is 5.91 Å². The summed E-state index contributed by atoms with van der Waals surface area (Å²) in [5.41, 5.74) is 5.70. The van der Waals surface area contributed by atoms with Crippen molar-refractivity contribution in [2.24, 2.45) is 12.8 Å². The molecule has 5 nitrogen and oxygen atoms in total. The maximum absolute atomic E-state index is 12.1. The Bertz CT molecular complexity index is 462. The zero-order valence-corrected chi connectivity index (χ0v) is 11.3. The molecule has 0 radical (unpaired) electrons. The van der Waals surface area contributed by atoms with E-state index in [0.717, 1.165) is 25.7 Å². The Hall–Kier alpha value is -1.43. The summed E-state index contributed by atoms with van der Waals surface area (Å²) in [5.74, 6) is -0.203. The van der Waals surface area contributed by atoms with Crippen LogP contribution in [0.2, 0.25) is 0 Å². The average Bonchev–Trinajstić information content (AvgIpc) is 2.77. The van der Waals surface area contributed by atoms with Gasteiger partial charge in [0.2, 0.25) is 0 Å². The lowest BCUT2D eigenvalue weighted by Gasteiger charge is -2.36. The van der Waals surface area contributed by atoms with Gasteiger partial charge < -0.3 is 11.1 Å². The molecule has 0 saturated heterocycles. The van der Waals surface area contributed by atoms with Crippen molar-refractivity contribution < 1.29 is 4.79 Å². The van der Waals surface area contributed by atoms with Crippen LogP contribution >= 0.6 is 12.2 Å². The Morgan fingerprint density at radius 3 is 2.67 bits per heavy atom. The van der Waals surface area contributed by atoms with E-state index >= 15 is 0 Å². The molecule has 98 valence electrons. The van der Waals surface area contributed by atoms with E-state index in [1.807, 2.05) is 0 Å². The maximum Gasteiger partial charge on any atom is 0.272 e. The summed E-state index contributed by atoms with van der Waals surface area (Å²) in [7, 11) is 1.78. The number of carbonyl (C=O) groups excluding carboxylic acids is 1. The van der Waals surface area contributed by atoms with Crippen LogP contribution in [0.1, 0.15) is 42.6 Å². The van der Waals surface area contributed by atoms with Gasteiger partial charge in [0.15, 0.2) is 0 Å². The first-order valence-corrected chi connectivity index (χ1v) is 6.56. The van der Waals surface area contributed by atoms with Crippen LogP contribution in [0.3, 0.4) is 0 Å². The Morgan fingerprint density at radius 2 is 2.17 bits per heavy atom. The van der Waals surface area contributed by atoms with Gasteiger partial charge in [-0.2, -0.15) is 5.10 Å². The van der Waals surface area contributed by atoms with E-state index in [-0.39, 0.29) is 5.91 Å². The molecule has 1 aromatic heterocycles. The highest BCUT2D eigenvalue weighted by molar-refractivity contribution is 7.80. The Kier molecular flexibility index (Phi) is 3.65. The number of nitrogens with one attached hydrogen (secondary N) is 1. The fourth-order valence-electron chi connectivity index (χ4n) is 2.41. The van der Waals surface area contributed by atoms with Crippen molar-refractivity contribution in [1.82, 2.24) is 15.1 Å². The lowest BCUT2D eigenvalue weighted by atomic mass is 9.81. The second-order valence-electron chi connectivity index (χ2n) is 4.84. The van der Waals surface area contributed by atoms with Gasteiger partial charge in [0, 0.05) is 13.2 Å². The molecule has 1 amide bonds. The molecule has 1 fully saturated rings. The van der Waals surface area contributed by atoms with Crippen molar-refractivity contribution in [3.63, 3.8) is 0 Å². The van der Waals surface area contributed by atoms with Crippen LogP contribution in [0, 0.1) is 0 Å². The molecule has 1 heterocycles. The predicted octanol–water partition coefficient (Wildman–Crippen LogP) is 1.14. The van der Waals surface area contributed by atoms with Gasteiger partial charge in [-0.3, -0.25) is 9.48 Å². The molecule has 0 aromatic carbocycles. The largest absolute Gasteiger partial charge is 0.391 e. The number of rotatable bonds is 3. The molecule has 18 heavy (non-hydrogen) atoms. The fraction of sp³-hybridized carbons (Fsp3) is 0.583. The summed E-state index contributed by atoms with van der Waals surface area (Å²) >= 11 is 5.14. The van der Waals surface area contributed by atoms with Gasteiger partial charge in [-0.25, -0.2) is 0 Å². The quantitative estimate of drug-likeness (QED) is 0.805. The molecule has 1 aromatic rings. The molecule has 3 N–H and O–H groups in total. The number of nitrogens with zero attached hydrogens (tertiary/aromatic N) is 2. The summed E-state index contributed by atoms with van der Waals surface area (Å²) in [6, 6.07) is 1.69. The first-order chi connectivity index (χ1) is 8.53. The minimum atomic E-state index is -0.526. The van der Waals surface area contributed by atoms with E-state index in [1.54, 1.807) is 24.0 Å². The monoisotopic (exact) mass is 266 g/mol. The first kappa shape index (κ1) is 13.0. The van der Waals surface area contributed by atoms with Gasteiger partial charge in [-0.1, -0.05) is 31.5 Å². The second kappa shape index (κ2) is 5.06. The highest BCUT2D eigenvalue weighted by Gasteiger charge is 2.37. The Morgan fingerprint density at radius 1 is 1.50 bits per heavy atom. The number of aryl methyl sites for hydroxylation is 1. The van der Waals surface area contributed by atoms with Crippen LogP contribution < -0.4 is 11.1 Å². The summed E-state index contributed by atoms with van der Waals surface area (Å²) in [6.07, 6.45) is 6.63. The molecule has 0 unspecified atom stereocenters. The van der Waals surface area contributed by atoms with Crippen LogP contribution in [0.25, 0.3) is 0 Å². The number of aromatic nitrogens is 2. The van der Waals surface area contributed by atoms with E-state index in [9.17, 15) is 4.79 Å². The minimum Gasteiger partial charge on any atom is -0.391 e. The zero-order chi connectivity index (χ0) is 13.2. The van der Waals surface area contributed by atoms with Gasteiger partial charge in [-0.15, -0.1) is 0 Å². The Balaban J connectivity index is 2.14. The fourth-order valence-corrected chi connectivity index (χ4v) is 2.66. The highest BCUT2D eigenvalue weighted by atomic mass is 32.1. The summed E-state index contributed by atoms with van der Waals surface area (Å²) in [4.78, 5) is 12.5. The first-order valence-electron chi connectivity index (χ1n) is 6.16. The molecule has 1 aliphatic carbocycles. The summed E-state index contributed by atoms with van der Waals surface area (Å²) in [6.45, 7) is 0. The molecule has 0 bridgehead atoms. The van der Waals surface area contributed by atoms with Crippen molar-refractivity contribution >= 4 is 23.1 Å². The molecule has 1 aliphatic rings. The summed E-state index contributed by atoms with van der Waals surface area (Å²) in [5, 5.41) is 7.07. The van der Waals surface area contributed by atoms with Crippen LogP contribution in [-0.4, -0.2) is 26.2 Å². The van der Waals surface area contributed by atoms with Gasteiger partial charge >= 0.3 is 0 Å². The molecule has 2 rings (SSSR count). The van der Waals surface area contributed by atoms with Gasteiger partial charge in [0.05, 0.1) is 10.5 Å². The van der Waals surface area contributed by atoms with Gasteiger partial charge in [-0.05, 0) is 18.9 Å². The maximum atomic E-state index is 12.1. The summed E-state index contributed by atoms with van der Waals surface area (Å²) < 4.78 is 1.60. The molecule has 0 spiro atoms. The van der Waals surface area contributed by atoms with E-state index in [0.29, 0.717) is 10.7 Å². The van der Waals surface area contributed by atoms with Crippen LogP contribution in [0.15, 0.2) is 12.3 Å². The number of carbonyl (C=O) groups is 1. The van der Waals surface area contributed by atoms with E-state index < -0.39 is 5.54 Å². The van der Waals surface area contributed by atoms with Crippen LogP contribution in [0.5, 0.6) is 0 Å². The number of thiocarbonyl (C=S) groups is 1. The Labute approximate surface area is 112 Å². The molecular weight excluding hydrogens is 248 g/mol. The van der Waals surface area contributed by atoms with Crippen molar-refractivity contribution in [3.05, 3.63) is 18.0 Å². The second-order valence-corrected chi connectivity index (χ2v) is 5.28. The van der Waals surface area contributed by atoms with Crippen molar-refractivity contribution in [2.75, 3.05) is 0 Å². The van der Waals surface area contributed by atoms with Crippen LogP contribution in [-0.2, 0) is 7.05 Å².